The third-order valence-electron chi connectivity index (χ3n) is 2.42. The van der Waals surface area contributed by atoms with Gasteiger partial charge in [0.1, 0.15) is 0 Å². The molecule has 96 valence electrons. The Bertz CT molecular complexity index is 471. The van der Waals surface area contributed by atoms with E-state index in [1.54, 1.807) is 19.9 Å². The second-order valence-corrected chi connectivity index (χ2v) is 7.15. The van der Waals surface area contributed by atoms with E-state index in [-0.39, 0.29) is 6.04 Å². The molecule has 1 rings (SSSR count). The Balaban J connectivity index is 2.65. The minimum atomic E-state index is -3.21. The Hall–Kier alpha value is -0.580. The van der Waals surface area contributed by atoms with Crippen LogP contribution in [0.5, 0.6) is 0 Å². The van der Waals surface area contributed by atoms with Gasteiger partial charge in [-0.15, -0.1) is 0 Å². The summed E-state index contributed by atoms with van der Waals surface area (Å²) in [5, 5.41) is 0.255. The predicted molar refractivity (Wildman–Crippen MR) is 71.8 cm³/mol. The highest BCUT2D eigenvalue weighted by Gasteiger charge is 2.18. The van der Waals surface area contributed by atoms with Crippen molar-refractivity contribution in [3.05, 3.63) is 34.9 Å². The van der Waals surface area contributed by atoms with Gasteiger partial charge in [0.05, 0.1) is 5.25 Å². The van der Waals surface area contributed by atoms with Crippen LogP contribution < -0.4 is 4.72 Å². The summed E-state index contributed by atoms with van der Waals surface area (Å²) in [5.41, 5.74) is 1.02. The van der Waals surface area contributed by atoms with Crippen LogP contribution >= 0.6 is 11.6 Å². The summed E-state index contributed by atoms with van der Waals surface area (Å²) in [6.07, 6.45) is 0.631. The maximum absolute atomic E-state index is 11.7. The molecule has 0 aromatic heterocycles. The van der Waals surface area contributed by atoms with Crippen molar-refractivity contribution in [2.75, 3.05) is 0 Å². The zero-order valence-corrected chi connectivity index (χ0v) is 11.8. The van der Waals surface area contributed by atoms with E-state index in [9.17, 15) is 8.42 Å². The molecule has 1 aromatic rings. The highest BCUT2D eigenvalue weighted by Crippen LogP contribution is 2.12. The number of nitrogens with one attached hydrogen (secondary N) is 1. The number of hydrogen-bond donors (Lipinski definition) is 1. The van der Waals surface area contributed by atoms with E-state index in [2.05, 4.69) is 4.72 Å². The second kappa shape index (κ2) is 5.85. The smallest absolute Gasteiger partial charge is 0.212 e. The largest absolute Gasteiger partial charge is 0.214 e. The summed E-state index contributed by atoms with van der Waals surface area (Å²) in [4.78, 5) is 0. The van der Waals surface area contributed by atoms with Crippen LogP contribution in [-0.4, -0.2) is 19.7 Å². The van der Waals surface area contributed by atoms with Crippen LogP contribution in [0.1, 0.15) is 26.3 Å². The van der Waals surface area contributed by atoms with Gasteiger partial charge in [-0.25, -0.2) is 13.1 Å². The minimum absolute atomic E-state index is 0.138. The first-order valence-corrected chi connectivity index (χ1v) is 7.49. The minimum Gasteiger partial charge on any atom is -0.212 e. The van der Waals surface area contributed by atoms with Crippen LogP contribution in [0.2, 0.25) is 5.02 Å². The fourth-order valence-corrected chi connectivity index (χ4v) is 2.60. The van der Waals surface area contributed by atoms with Crippen LogP contribution in [-0.2, 0) is 16.4 Å². The van der Waals surface area contributed by atoms with E-state index >= 15 is 0 Å². The normalized spacial score (nSPS) is 13.9. The molecule has 0 spiro atoms. The Labute approximate surface area is 108 Å². The predicted octanol–water partition coefficient (Wildman–Crippen LogP) is 2.60. The Morgan fingerprint density at radius 2 is 1.94 bits per heavy atom. The second-order valence-electron chi connectivity index (χ2n) is 4.45. The third kappa shape index (κ3) is 4.66. The quantitative estimate of drug-likeness (QED) is 0.898. The van der Waals surface area contributed by atoms with Crippen molar-refractivity contribution in [2.24, 2.45) is 0 Å². The van der Waals surface area contributed by atoms with Gasteiger partial charge in [-0.1, -0.05) is 23.7 Å². The number of halogens is 1. The number of hydrogen-bond acceptors (Lipinski definition) is 2. The molecule has 1 atom stereocenters. The number of benzene rings is 1. The molecule has 5 heteroatoms. The Morgan fingerprint density at radius 3 is 2.47 bits per heavy atom. The van der Waals surface area contributed by atoms with Gasteiger partial charge in [-0.3, -0.25) is 0 Å². The molecule has 0 saturated carbocycles. The molecule has 1 unspecified atom stereocenters. The van der Waals surface area contributed by atoms with Gasteiger partial charge in [-0.05, 0) is 44.9 Å². The molecule has 3 nitrogen and oxygen atoms in total. The lowest BCUT2D eigenvalue weighted by Gasteiger charge is -2.16. The number of sulfonamides is 1. The zero-order valence-electron chi connectivity index (χ0n) is 10.3. The van der Waals surface area contributed by atoms with Crippen molar-refractivity contribution in [3.8, 4) is 0 Å². The van der Waals surface area contributed by atoms with Crippen LogP contribution in [0.4, 0.5) is 0 Å². The zero-order chi connectivity index (χ0) is 13.1. The van der Waals surface area contributed by atoms with E-state index in [4.69, 9.17) is 11.6 Å². The Morgan fingerprint density at radius 1 is 1.29 bits per heavy atom. The van der Waals surface area contributed by atoms with Crippen molar-refractivity contribution in [1.82, 2.24) is 4.72 Å². The summed E-state index contributed by atoms with van der Waals surface area (Å²) in [6.45, 7) is 5.17. The van der Waals surface area contributed by atoms with E-state index < -0.39 is 15.3 Å². The average Bonchev–Trinajstić information content (AvgIpc) is 2.15. The van der Waals surface area contributed by atoms with Gasteiger partial charge in [0.15, 0.2) is 0 Å². The van der Waals surface area contributed by atoms with Gasteiger partial charge < -0.3 is 0 Å². The van der Waals surface area contributed by atoms with E-state index in [1.807, 2.05) is 25.1 Å². The molecule has 1 aromatic carbocycles. The molecular weight excluding hydrogens is 258 g/mol. The van der Waals surface area contributed by atoms with Crippen molar-refractivity contribution >= 4 is 21.6 Å². The van der Waals surface area contributed by atoms with E-state index in [1.165, 1.54) is 0 Å². The molecule has 0 aliphatic carbocycles. The fraction of sp³-hybridized carbons (Fsp3) is 0.500. The highest BCUT2D eigenvalue weighted by molar-refractivity contribution is 7.90. The average molecular weight is 276 g/mol. The monoisotopic (exact) mass is 275 g/mol. The first kappa shape index (κ1) is 14.5. The molecule has 0 radical (unpaired) electrons. The van der Waals surface area contributed by atoms with Crippen LogP contribution in [0, 0.1) is 0 Å². The lowest BCUT2D eigenvalue weighted by molar-refractivity contribution is 0.551. The molecule has 0 fully saturated rings. The van der Waals surface area contributed by atoms with E-state index in [0.717, 1.165) is 5.56 Å². The number of rotatable bonds is 5. The van der Waals surface area contributed by atoms with E-state index in [0.29, 0.717) is 11.4 Å². The molecule has 17 heavy (non-hydrogen) atoms. The summed E-state index contributed by atoms with van der Waals surface area (Å²) in [5.74, 6) is 0. The summed E-state index contributed by atoms with van der Waals surface area (Å²) in [6, 6.07) is 7.31. The SMILES string of the molecule is CC(Cc1cccc(Cl)c1)NS(=O)(=O)C(C)C. The van der Waals surface area contributed by atoms with Gasteiger partial charge in [0, 0.05) is 11.1 Å². The summed E-state index contributed by atoms with van der Waals surface area (Å²) in [7, 11) is -3.21. The van der Waals surface area contributed by atoms with Crippen LogP contribution in [0.3, 0.4) is 0 Å². The van der Waals surface area contributed by atoms with Crippen molar-refractivity contribution < 1.29 is 8.42 Å². The van der Waals surface area contributed by atoms with Crippen LogP contribution in [0.25, 0.3) is 0 Å². The molecule has 0 aliphatic rings. The summed E-state index contributed by atoms with van der Waals surface area (Å²) < 4.78 is 26.0. The standard InChI is InChI=1S/C12H18ClNO2S/c1-9(2)17(15,16)14-10(3)7-11-5-4-6-12(13)8-11/h4-6,8-10,14H,7H2,1-3H3. The Kier molecular flexibility index (Phi) is 4.98. The van der Waals surface area contributed by atoms with Crippen molar-refractivity contribution in [2.45, 2.75) is 38.5 Å². The van der Waals surface area contributed by atoms with Crippen molar-refractivity contribution in [3.63, 3.8) is 0 Å². The lowest BCUT2D eigenvalue weighted by Crippen LogP contribution is -2.38. The highest BCUT2D eigenvalue weighted by atomic mass is 35.5. The first-order valence-electron chi connectivity index (χ1n) is 5.57. The first-order chi connectivity index (χ1) is 7.81. The molecule has 0 aliphatic heterocycles. The van der Waals surface area contributed by atoms with Gasteiger partial charge >= 0.3 is 0 Å². The topological polar surface area (TPSA) is 46.2 Å². The molecule has 0 amide bonds. The van der Waals surface area contributed by atoms with Crippen molar-refractivity contribution in [1.29, 1.82) is 0 Å². The molecular formula is C12H18ClNO2S. The van der Waals surface area contributed by atoms with Gasteiger partial charge in [0.25, 0.3) is 0 Å². The molecule has 1 N–H and O–H groups in total. The maximum Gasteiger partial charge on any atom is 0.214 e. The summed E-state index contributed by atoms with van der Waals surface area (Å²) >= 11 is 5.87. The van der Waals surface area contributed by atoms with Gasteiger partial charge in [0.2, 0.25) is 10.0 Å². The molecule has 0 bridgehead atoms. The third-order valence-corrected chi connectivity index (χ3v) is 4.62. The molecule has 0 saturated heterocycles. The lowest BCUT2D eigenvalue weighted by atomic mass is 10.1. The van der Waals surface area contributed by atoms with Gasteiger partial charge in [-0.2, -0.15) is 0 Å². The molecule has 0 heterocycles. The maximum atomic E-state index is 11.7. The fourth-order valence-electron chi connectivity index (χ4n) is 1.48. The van der Waals surface area contributed by atoms with Crippen LogP contribution in [0.15, 0.2) is 24.3 Å².